The lowest BCUT2D eigenvalue weighted by Crippen LogP contribution is -2.14. The topological polar surface area (TPSA) is 65.7 Å². The third-order valence-electron chi connectivity index (χ3n) is 1.95. The molecule has 88 valence electrons. The predicted molar refractivity (Wildman–Crippen MR) is 56.7 cm³/mol. The number of hydrogen-bond acceptors (Lipinski definition) is 5. The Morgan fingerprint density at radius 2 is 2.25 bits per heavy atom. The molecule has 0 unspecified atom stereocenters. The Hall–Kier alpha value is -1.78. The van der Waals surface area contributed by atoms with Gasteiger partial charge in [0.25, 0.3) is 5.76 Å². The zero-order valence-electron chi connectivity index (χ0n) is 9.32. The molecule has 0 aliphatic rings. The minimum atomic E-state index is -0.718. The zero-order valence-corrected chi connectivity index (χ0v) is 9.32. The van der Waals surface area contributed by atoms with Crippen LogP contribution in [-0.2, 0) is 4.74 Å². The highest BCUT2D eigenvalue weighted by molar-refractivity contribution is 5.88. The van der Waals surface area contributed by atoms with Crippen molar-refractivity contribution in [2.75, 3.05) is 13.7 Å². The Bertz CT molecular complexity index is 407. The zero-order chi connectivity index (χ0) is 12.0. The summed E-state index contributed by atoms with van der Waals surface area (Å²) in [6, 6.07) is 1.20. The van der Waals surface area contributed by atoms with Crippen molar-refractivity contribution in [3.8, 4) is 5.75 Å². The lowest BCUT2D eigenvalue weighted by Gasteiger charge is -2.06. The molecule has 0 bridgehead atoms. The van der Waals surface area contributed by atoms with Crippen LogP contribution in [0.2, 0.25) is 0 Å². The molecule has 0 saturated carbocycles. The normalized spacial score (nSPS) is 9.88. The number of rotatable bonds is 5. The number of carbonyl (C=O) groups excluding carboxylic acids is 1. The average Bonchev–Trinajstić information content (AvgIpc) is 2.30. The number of unbranched alkanes of at least 4 members (excludes halogenated alkanes) is 1. The van der Waals surface area contributed by atoms with Gasteiger partial charge in [0.1, 0.15) is 0 Å². The van der Waals surface area contributed by atoms with Crippen molar-refractivity contribution in [1.29, 1.82) is 0 Å². The van der Waals surface area contributed by atoms with E-state index in [2.05, 4.69) is 4.74 Å². The summed E-state index contributed by atoms with van der Waals surface area (Å²) in [7, 11) is 1.21. The lowest BCUT2D eigenvalue weighted by atomic mass is 10.3. The Labute approximate surface area is 93.0 Å². The molecule has 1 aromatic rings. The van der Waals surface area contributed by atoms with Crippen molar-refractivity contribution in [1.82, 2.24) is 0 Å². The van der Waals surface area contributed by atoms with Crippen LogP contribution >= 0.6 is 0 Å². The molecule has 0 aromatic carbocycles. The number of hydrogen-bond donors (Lipinski definition) is 0. The van der Waals surface area contributed by atoms with Gasteiger partial charge in [0.05, 0.1) is 20.0 Å². The van der Waals surface area contributed by atoms with E-state index in [-0.39, 0.29) is 16.9 Å². The van der Waals surface area contributed by atoms with E-state index in [1.54, 1.807) is 0 Å². The summed E-state index contributed by atoms with van der Waals surface area (Å²) in [4.78, 5) is 22.7. The van der Waals surface area contributed by atoms with Gasteiger partial charge >= 0.3 is 5.97 Å². The SMILES string of the molecule is CCCCOc1c(C(=O)OC)occc1=O. The van der Waals surface area contributed by atoms with Crippen LogP contribution in [0.25, 0.3) is 0 Å². The third-order valence-corrected chi connectivity index (χ3v) is 1.95. The Balaban J connectivity index is 2.95. The van der Waals surface area contributed by atoms with Crippen molar-refractivity contribution < 1.29 is 18.7 Å². The molecule has 0 radical (unpaired) electrons. The van der Waals surface area contributed by atoms with Gasteiger partial charge in [-0.2, -0.15) is 0 Å². The van der Waals surface area contributed by atoms with Crippen molar-refractivity contribution in [2.24, 2.45) is 0 Å². The van der Waals surface area contributed by atoms with E-state index in [4.69, 9.17) is 9.15 Å². The first-order valence-electron chi connectivity index (χ1n) is 5.03. The summed E-state index contributed by atoms with van der Waals surface area (Å²) >= 11 is 0. The second-order valence-electron chi connectivity index (χ2n) is 3.14. The van der Waals surface area contributed by atoms with E-state index in [0.717, 1.165) is 19.1 Å². The average molecular weight is 226 g/mol. The van der Waals surface area contributed by atoms with Crippen molar-refractivity contribution in [2.45, 2.75) is 19.8 Å². The molecule has 5 heteroatoms. The first-order valence-corrected chi connectivity index (χ1v) is 5.03. The van der Waals surface area contributed by atoms with Gasteiger partial charge in [-0.3, -0.25) is 4.79 Å². The van der Waals surface area contributed by atoms with Gasteiger partial charge in [-0.1, -0.05) is 13.3 Å². The van der Waals surface area contributed by atoms with Gasteiger partial charge in [0.2, 0.25) is 11.2 Å². The molecule has 0 fully saturated rings. The predicted octanol–water partition coefficient (Wildman–Crippen LogP) is 1.61. The minimum Gasteiger partial charge on any atom is -0.486 e. The number of esters is 1. The Morgan fingerprint density at radius 3 is 2.88 bits per heavy atom. The molecule has 0 N–H and O–H groups in total. The third kappa shape index (κ3) is 2.85. The van der Waals surface area contributed by atoms with Gasteiger partial charge in [-0.15, -0.1) is 0 Å². The second kappa shape index (κ2) is 5.95. The smallest absolute Gasteiger partial charge is 0.378 e. The maximum atomic E-state index is 11.5. The standard InChI is InChI=1S/C11H14O5/c1-3-4-6-15-9-8(12)5-7-16-10(9)11(13)14-2/h5,7H,3-4,6H2,1-2H3. The minimum absolute atomic E-state index is 0.0807. The molecule has 1 rings (SSSR count). The molecule has 0 aliphatic carbocycles. The molecule has 1 aromatic heterocycles. The molecule has 0 saturated heterocycles. The van der Waals surface area contributed by atoms with Gasteiger partial charge < -0.3 is 13.9 Å². The van der Waals surface area contributed by atoms with E-state index in [0.29, 0.717) is 6.61 Å². The van der Waals surface area contributed by atoms with Crippen molar-refractivity contribution in [3.63, 3.8) is 0 Å². The van der Waals surface area contributed by atoms with E-state index in [9.17, 15) is 9.59 Å². The number of carbonyl (C=O) groups is 1. The second-order valence-corrected chi connectivity index (χ2v) is 3.14. The maximum Gasteiger partial charge on any atom is 0.378 e. The van der Waals surface area contributed by atoms with Gasteiger partial charge in [-0.05, 0) is 6.42 Å². The van der Waals surface area contributed by atoms with E-state index < -0.39 is 5.97 Å². The largest absolute Gasteiger partial charge is 0.486 e. The monoisotopic (exact) mass is 226 g/mol. The molecule has 5 nitrogen and oxygen atoms in total. The number of ether oxygens (including phenoxy) is 2. The van der Waals surface area contributed by atoms with Crippen molar-refractivity contribution in [3.05, 3.63) is 28.3 Å². The van der Waals surface area contributed by atoms with Crippen LogP contribution in [0, 0.1) is 0 Å². The number of methoxy groups -OCH3 is 1. The first-order chi connectivity index (χ1) is 7.70. The van der Waals surface area contributed by atoms with Gasteiger partial charge in [0.15, 0.2) is 0 Å². The van der Waals surface area contributed by atoms with Crippen LogP contribution in [0.5, 0.6) is 5.75 Å². The quantitative estimate of drug-likeness (QED) is 0.563. The van der Waals surface area contributed by atoms with E-state index >= 15 is 0 Å². The van der Waals surface area contributed by atoms with E-state index in [1.807, 2.05) is 6.92 Å². The molecular weight excluding hydrogens is 212 g/mol. The highest BCUT2D eigenvalue weighted by Gasteiger charge is 2.18. The van der Waals surface area contributed by atoms with Crippen LogP contribution < -0.4 is 10.2 Å². The highest BCUT2D eigenvalue weighted by Crippen LogP contribution is 2.14. The lowest BCUT2D eigenvalue weighted by molar-refractivity contribution is 0.0553. The highest BCUT2D eigenvalue weighted by atomic mass is 16.5. The molecular formula is C11H14O5. The summed E-state index contributed by atoms with van der Waals surface area (Å²) in [6.45, 7) is 2.37. The Kier molecular flexibility index (Phi) is 4.57. The fourth-order valence-electron chi connectivity index (χ4n) is 1.09. The molecule has 0 aliphatic heterocycles. The molecule has 1 heterocycles. The molecule has 16 heavy (non-hydrogen) atoms. The van der Waals surface area contributed by atoms with Crippen LogP contribution in [0.3, 0.4) is 0 Å². The molecule has 0 spiro atoms. The first kappa shape index (κ1) is 12.3. The van der Waals surface area contributed by atoms with Gasteiger partial charge in [0, 0.05) is 6.07 Å². The van der Waals surface area contributed by atoms with Crippen LogP contribution in [0.1, 0.15) is 30.3 Å². The Morgan fingerprint density at radius 1 is 1.50 bits per heavy atom. The van der Waals surface area contributed by atoms with Crippen LogP contribution in [0.15, 0.2) is 21.5 Å². The van der Waals surface area contributed by atoms with E-state index in [1.165, 1.54) is 13.2 Å². The fraction of sp³-hybridized carbons (Fsp3) is 0.455. The molecule has 0 atom stereocenters. The summed E-state index contributed by atoms with van der Waals surface area (Å²) in [5, 5.41) is 0. The maximum absolute atomic E-state index is 11.5. The van der Waals surface area contributed by atoms with Crippen LogP contribution in [0.4, 0.5) is 0 Å². The summed E-state index contributed by atoms with van der Waals surface area (Å²) in [5.74, 6) is -0.988. The fourth-order valence-corrected chi connectivity index (χ4v) is 1.09. The van der Waals surface area contributed by atoms with Gasteiger partial charge in [-0.25, -0.2) is 4.79 Å². The molecule has 0 amide bonds. The summed E-state index contributed by atoms with van der Waals surface area (Å²) in [5.41, 5.74) is -0.386. The van der Waals surface area contributed by atoms with Crippen molar-refractivity contribution >= 4 is 5.97 Å². The van der Waals surface area contributed by atoms with Crippen LogP contribution in [-0.4, -0.2) is 19.7 Å². The summed E-state index contributed by atoms with van der Waals surface area (Å²) in [6.07, 6.45) is 2.88. The summed E-state index contributed by atoms with van der Waals surface area (Å²) < 4.78 is 14.6.